The van der Waals surface area contributed by atoms with Crippen molar-refractivity contribution >= 4 is 17.1 Å². The third-order valence-corrected chi connectivity index (χ3v) is 4.75. The monoisotopic (exact) mass is 266 g/mol. The molecule has 1 fully saturated rings. The van der Waals surface area contributed by atoms with Crippen molar-refractivity contribution in [1.82, 2.24) is 0 Å². The molecule has 1 unspecified atom stereocenters. The average molecular weight is 266 g/mol. The number of benzene rings is 2. The smallest absolute Gasteiger partial charge is 0.127 e. The van der Waals surface area contributed by atoms with Crippen LogP contribution in [0.2, 0.25) is 0 Å². The fraction of sp³-hybridized carbons (Fsp3) is 0.421. The SMILES string of the molecule is CCC(C=O)c1ccc2ccc(C3CCCC3)cc2c1. The second-order valence-electron chi connectivity index (χ2n) is 6.00. The molecule has 0 spiro atoms. The number of carbonyl (C=O) groups is 1. The van der Waals surface area contributed by atoms with Gasteiger partial charge in [0, 0.05) is 5.92 Å². The highest BCUT2D eigenvalue weighted by Gasteiger charge is 2.17. The number of hydrogen-bond donors (Lipinski definition) is 0. The minimum absolute atomic E-state index is 0.0366. The van der Waals surface area contributed by atoms with Crippen molar-refractivity contribution in [2.45, 2.75) is 50.9 Å². The molecule has 2 aromatic carbocycles. The van der Waals surface area contributed by atoms with E-state index < -0.39 is 0 Å². The van der Waals surface area contributed by atoms with Crippen molar-refractivity contribution in [3.05, 3.63) is 47.5 Å². The topological polar surface area (TPSA) is 17.1 Å². The van der Waals surface area contributed by atoms with E-state index in [0.29, 0.717) is 0 Å². The summed E-state index contributed by atoms with van der Waals surface area (Å²) in [5, 5.41) is 2.56. The number of rotatable bonds is 4. The van der Waals surface area contributed by atoms with E-state index in [9.17, 15) is 4.79 Å². The molecule has 0 amide bonds. The van der Waals surface area contributed by atoms with E-state index in [-0.39, 0.29) is 5.92 Å². The van der Waals surface area contributed by atoms with Crippen molar-refractivity contribution in [3.8, 4) is 0 Å². The Morgan fingerprint density at radius 2 is 1.85 bits per heavy atom. The predicted molar refractivity (Wildman–Crippen MR) is 84.3 cm³/mol. The summed E-state index contributed by atoms with van der Waals surface area (Å²) in [5.41, 5.74) is 2.63. The van der Waals surface area contributed by atoms with E-state index >= 15 is 0 Å². The zero-order valence-electron chi connectivity index (χ0n) is 12.1. The molecular formula is C19H22O. The third kappa shape index (κ3) is 2.49. The highest BCUT2D eigenvalue weighted by molar-refractivity contribution is 5.85. The van der Waals surface area contributed by atoms with Gasteiger partial charge in [0.1, 0.15) is 6.29 Å². The minimum atomic E-state index is 0.0366. The van der Waals surface area contributed by atoms with Crippen LogP contribution in [0.15, 0.2) is 36.4 Å². The Kier molecular flexibility index (Phi) is 3.86. The van der Waals surface area contributed by atoms with Gasteiger partial charge in [-0.3, -0.25) is 0 Å². The van der Waals surface area contributed by atoms with E-state index in [1.807, 2.05) is 0 Å². The van der Waals surface area contributed by atoms with Gasteiger partial charge in [0.2, 0.25) is 0 Å². The molecule has 0 N–H and O–H groups in total. The first-order valence-electron chi connectivity index (χ1n) is 7.80. The molecule has 1 heteroatoms. The van der Waals surface area contributed by atoms with Crippen molar-refractivity contribution in [3.63, 3.8) is 0 Å². The molecule has 1 atom stereocenters. The third-order valence-electron chi connectivity index (χ3n) is 4.75. The summed E-state index contributed by atoms with van der Waals surface area (Å²) in [6.07, 6.45) is 7.34. The first-order valence-corrected chi connectivity index (χ1v) is 7.80. The molecule has 0 heterocycles. The molecule has 1 saturated carbocycles. The van der Waals surface area contributed by atoms with Gasteiger partial charge in [0.05, 0.1) is 0 Å². The Morgan fingerprint density at radius 3 is 2.55 bits per heavy atom. The Hall–Kier alpha value is -1.63. The Morgan fingerprint density at radius 1 is 1.10 bits per heavy atom. The van der Waals surface area contributed by atoms with Gasteiger partial charge < -0.3 is 4.79 Å². The average Bonchev–Trinajstić information content (AvgIpc) is 3.02. The van der Waals surface area contributed by atoms with Crippen LogP contribution in [-0.4, -0.2) is 6.29 Å². The zero-order valence-corrected chi connectivity index (χ0v) is 12.1. The maximum Gasteiger partial charge on any atom is 0.127 e. The number of hydrogen-bond acceptors (Lipinski definition) is 1. The van der Waals surface area contributed by atoms with Crippen LogP contribution in [0.4, 0.5) is 0 Å². The molecule has 3 rings (SSSR count). The fourth-order valence-corrected chi connectivity index (χ4v) is 3.44. The molecule has 0 aromatic heterocycles. The van der Waals surface area contributed by atoms with Crippen LogP contribution in [0.25, 0.3) is 10.8 Å². The van der Waals surface area contributed by atoms with Gasteiger partial charge >= 0.3 is 0 Å². The van der Waals surface area contributed by atoms with Crippen molar-refractivity contribution in [1.29, 1.82) is 0 Å². The maximum absolute atomic E-state index is 11.1. The molecule has 1 aliphatic rings. The maximum atomic E-state index is 11.1. The largest absolute Gasteiger partial charge is 0.303 e. The molecule has 1 aliphatic carbocycles. The summed E-state index contributed by atoms with van der Waals surface area (Å²) in [5.74, 6) is 0.783. The molecule has 0 bridgehead atoms. The molecule has 1 nitrogen and oxygen atoms in total. The van der Waals surface area contributed by atoms with Gasteiger partial charge in [-0.25, -0.2) is 0 Å². The molecule has 2 aromatic rings. The van der Waals surface area contributed by atoms with Crippen molar-refractivity contribution < 1.29 is 4.79 Å². The molecule has 20 heavy (non-hydrogen) atoms. The summed E-state index contributed by atoms with van der Waals surface area (Å²) < 4.78 is 0. The predicted octanol–water partition coefficient (Wildman–Crippen LogP) is 5.19. The first-order chi connectivity index (χ1) is 9.81. The lowest BCUT2D eigenvalue weighted by Crippen LogP contribution is -1.98. The van der Waals surface area contributed by atoms with Crippen LogP contribution in [0.3, 0.4) is 0 Å². The van der Waals surface area contributed by atoms with Gasteiger partial charge in [-0.15, -0.1) is 0 Å². The first kappa shape index (κ1) is 13.4. The van der Waals surface area contributed by atoms with E-state index in [2.05, 4.69) is 43.3 Å². The normalized spacial score (nSPS) is 17.4. The highest BCUT2D eigenvalue weighted by Crippen LogP contribution is 2.35. The molecular weight excluding hydrogens is 244 g/mol. The van der Waals surface area contributed by atoms with Gasteiger partial charge in [-0.2, -0.15) is 0 Å². The standard InChI is InChI=1S/C19H22O/c1-2-14(13-20)17-9-7-16-8-10-18(12-19(16)11-17)15-5-3-4-6-15/h7-15H,2-6H2,1H3. The fourth-order valence-electron chi connectivity index (χ4n) is 3.44. The molecule has 0 aliphatic heterocycles. The highest BCUT2D eigenvalue weighted by atomic mass is 16.1. The van der Waals surface area contributed by atoms with Crippen LogP contribution in [0, 0.1) is 0 Å². The lowest BCUT2D eigenvalue weighted by Gasteiger charge is -2.13. The van der Waals surface area contributed by atoms with Crippen LogP contribution in [0.5, 0.6) is 0 Å². The van der Waals surface area contributed by atoms with Crippen LogP contribution < -0.4 is 0 Å². The van der Waals surface area contributed by atoms with Gasteiger partial charge in [0.25, 0.3) is 0 Å². The van der Waals surface area contributed by atoms with Crippen molar-refractivity contribution in [2.75, 3.05) is 0 Å². The summed E-state index contributed by atoms with van der Waals surface area (Å²) in [4.78, 5) is 11.1. The summed E-state index contributed by atoms with van der Waals surface area (Å²) in [6, 6.07) is 13.3. The number of carbonyl (C=O) groups excluding carboxylic acids is 1. The second-order valence-corrected chi connectivity index (χ2v) is 6.00. The number of fused-ring (bicyclic) bond motifs is 1. The summed E-state index contributed by atoms with van der Waals surface area (Å²) in [6.45, 7) is 2.07. The second kappa shape index (κ2) is 5.78. The van der Waals surface area contributed by atoms with Gasteiger partial charge in [-0.05, 0) is 47.1 Å². The lowest BCUT2D eigenvalue weighted by molar-refractivity contribution is -0.109. The lowest BCUT2D eigenvalue weighted by atomic mass is 9.92. The minimum Gasteiger partial charge on any atom is -0.303 e. The Labute approximate surface area is 121 Å². The van der Waals surface area contributed by atoms with Crippen LogP contribution >= 0.6 is 0 Å². The summed E-state index contributed by atoms with van der Waals surface area (Å²) in [7, 11) is 0. The summed E-state index contributed by atoms with van der Waals surface area (Å²) >= 11 is 0. The molecule has 104 valence electrons. The van der Waals surface area contributed by atoms with Crippen molar-refractivity contribution in [2.24, 2.45) is 0 Å². The Balaban J connectivity index is 2.00. The van der Waals surface area contributed by atoms with Crippen LogP contribution in [0.1, 0.15) is 62.0 Å². The van der Waals surface area contributed by atoms with E-state index in [0.717, 1.165) is 24.2 Å². The molecule has 0 saturated heterocycles. The van der Waals surface area contributed by atoms with Gasteiger partial charge in [-0.1, -0.05) is 56.2 Å². The van der Waals surface area contributed by atoms with Gasteiger partial charge in [0.15, 0.2) is 0 Å². The van der Waals surface area contributed by atoms with E-state index in [1.54, 1.807) is 0 Å². The zero-order chi connectivity index (χ0) is 13.9. The molecule has 0 radical (unpaired) electrons. The Bertz CT molecular complexity index is 608. The number of aldehydes is 1. The van der Waals surface area contributed by atoms with E-state index in [4.69, 9.17) is 0 Å². The quantitative estimate of drug-likeness (QED) is 0.696. The van der Waals surface area contributed by atoms with Crippen LogP contribution in [-0.2, 0) is 4.79 Å². The van der Waals surface area contributed by atoms with E-state index in [1.165, 1.54) is 42.0 Å².